The highest BCUT2D eigenvalue weighted by molar-refractivity contribution is 5.41. The summed E-state index contributed by atoms with van der Waals surface area (Å²) in [6.45, 7) is 7.99. The minimum Gasteiger partial charge on any atom is -0.356 e. The Kier molecular flexibility index (Phi) is 4.97. The van der Waals surface area contributed by atoms with Gasteiger partial charge in [-0.25, -0.2) is 4.98 Å². The minimum absolute atomic E-state index is 0.836. The highest BCUT2D eigenvalue weighted by atomic mass is 15.2. The first-order chi connectivity index (χ1) is 12.3. The van der Waals surface area contributed by atoms with Gasteiger partial charge in [-0.1, -0.05) is 6.07 Å². The molecule has 0 bridgehead atoms. The molecule has 2 fully saturated rings. The first-order valence-corrected chi connectivity index (χ1v) is 9.57. The van der Waals surface area contributed by atoms with Crippen LogP contribution in [0, 0.1) is 18.8 Å². The van der Waals surface area contributed by atoms with Crippen LogP contribution in [0.25, 0.3) is 0 Å². The van der Waals surface area contributed by atoms with Crippen molar-refractivity contribution in [3.05, 3.63) is 54.0 Å². The van der Waals surface area contributed by atoms with Gasteiger partial charge in [0.1, 0.15) is 5.82 Å². The largest absolute Gasteiger partial charge is 0.356 e. The van der Waals surface area contributed by atoms with Gasteiger partial charge in [0.2, 0.25) is 0 Å². The lowest BCUT2D eigenvalue weighted by atomic mass is 9.83. The Labute approximate surface area is 150 Å². The summed E-state index contributed by atoms with van der Waals surface area (Å²) < 4.78 is 0. The number of anilines is 1. The molecule has 0 aliphatic carbocycles. The van der Waals surface area contributed by atoms with Gasteiger partial charge in [-0.2, -0.15) is 0 Å². The maximum atomic E-state index is 4.57. The number of aromatic nitrogens is 2. The van der Waals surface area contributed by atoms with Crippen LogP contribution < -0.4 is 4.90 Å². The number of aryl methyl sites for hydroxylation is 1. The summed E-state index contributed by atoms with van der Waals surface area (Å²) in [6.07, 6.45) is 9.78. The fourth-order valence-electron chi connectivity index (χ4n) is 4.41. The zero-order valence-electron chi connectivity index (χ0n) is 15.1. The third-order valence-corrected chi connectivity index (χ3v) is 5.88. The van der Waals surface area contributed by atoms with Crippen molar-refractivity contribution in [2.24, 2.45) is 11.8 Å². The molecule has 0 N–H and O–H groups in total. The zero-order valence-corrected chi connectivity index (χ0v) is 15.1. The van der Waals surface area contributed by atoms with Gasteiger partial charge < -0.3 is 4.90 Å². The average Bonchev–Trinajstić information content (AvgIpc) is 3.13. The first kappa shape index (κ1) is 16.5. The van der Waals surface area contributed by atoms with Crippen molar-refractivity contribution >= 4 is 5.82 Å². The zero-order chi connectivity index (χ0) is 17.1. The molecule has 2 saturated heterocycles. The molecule has 4 heterocycles. The van der Waals surface area contributed by atoms with Gasteiger partial charge in [0.25, 0.3) is 0 Å². The molecule has 0 unspecified atom stereocenters. The first-order valence-electron chi connectivity index (χ1n) is 9.57. The monoisotopic (exact) mass is 336 g/mol. The van der Waals surface area contributed by atoms with Crippen LogP contribution in [0.1, 0.15) is 30.4 Å². The van der Waals surface area contributed by atoms with Crippen molar-refractivity contribution in [3.8, 4) is 0 Å². The molecule has 132 valence electrons. The lowest BCUT2D eigenvalue weighted by Crippen LogP contribution is -2.36. The van der Waals surface area contributed by atoms with Crippen molar-refractivity contribution in [1.29, 1.82) is 0 Å². The van der Waals surface area contributed by atoms with Gasteiger partial charge in [0, 0.05) is 38.2 Å². The molecule has 2 aliphatic heterocycles. The van der Waals surface area contributed by atoms with E-state index in [0.29, 0.717) is 0 Å². The van der Waals surface area contributed by atoms with Crippen LogP contribution in [-0.4, -0.2) is 41.0 Å². The Hall–Kier alpha value is -1.94. The van der Waals surface area contributed by atoms with E-state index in [1.165, 1.54) is 50.0 Å². The van der Waals surface area contributed by atoms with E-state index >= 15 is 0 Å². The van der Waals surface area contributed by atoms with Gasteiger partial charge in [0.15, 0.2) is 0 Å². The molecule has 25 heavy (non-hydrogen) atoms. The van der Waals surface area contributed by atoms with Crippen LogP contribution in [0.3, 0.4) is 0 Å². The topological polar surface area (TPSA) is 32.3 Å². The molecule has 0 amide bonds. The predicted octanol–water partition coefficient (Wildman–Crippen LogP) is 3.52. The summed E-state index contributed by atoms with van der Waals surface area (Å²) >= 11 is 0. The molecule has 4 rings (SSSR count). The van der Waals surface area contributed by atoms with Gasteiger partial charge in [-0.3, -0.25) is 9.88 Å². The number of rotatable bonds is 4. The van der Waals surface area contributed by atoms with Crippen LogP contribution in [0.15, 0.2) is 42.9 Å². The molecular formula is C21H28N4. The SMILES string of the molecule is Cc1ccnc(N2CC[C@@H](C3CCN(Cc4cccnc4)CC3)C2)c1. The maximum absolute atomic E-state index is 4.57. The Bertz CT molecular complexity index is 679. The highest BCUT2D eigenvalue weighted by Gasteiger charge is 2.32. The van der Waals surface area contributed by atoms with Crippen molar-refractivity contribution in [2.75, 3.05) is 31.1 Å². The second-order valence-corrected chi connectivity index (χ2v) is 7.66. The van der Waals surface area contributed by atoms with Crippen LogP contribution in [0.4, 0.5) is 5.82 Å². The third kappa shape index (κ3) is 4.01. The van der Waals surface area contributed by atoms with Gasteiger partial charge in [0.05, 0.1) is 0 Å². The smallest absolute Gasteiger partial charge is 0.128 e. The van der Waals surface area contributed by atoms with E-state index in [0.717, 1.165) is 30.7 Å². The second kappa shape index (κ2) is 7.52. The molecular weight excluding hydrogens is 308 g/mol. The number of hydrogen-bond donors (Lipinski definition) is 0. The molecule has 0 spiro atoms. The normalized spacial score (nSPS) is 22.4. The Morgan fingerprint density at radius 1 is 1.04 bits per heavy atom. The molecule has 4 heteroatoms. The number of likely N-dealkylation sites (tertiary alicyclic amines) is 1. The van der Waals surface area contributed by atoms with Crippen molar-refractivity contribution in [2.45, 2.75) is 32.7 Å². The van der Waals surface area contributed by atoms with Gasteiger partial charge in [-0.15, -0.1) is 0 Å². The minimum atomic E-state index is 0.836. The molecule has 2 aromatic heterocycles. The summed E-state index contributed by atoms with van der Waals surface area (Å²) in [5.41, 5.74) is 2.63. The van der Waals surface area contributed by atoms with Crippen LogP contribution in [-0.2, 0) is 6.54 Å². The van der Waals surface area contributed by atoms with E-state index in [1.807, 2.05) is 24.7 Å². The predicted molar refractivity (Wildman–Crippen MR) is 102 cm³/mol. The second-order valence-electron chi connectivity index (χ2n) is 7.66. The fraction of sp³-hybridized carbons (Fsp3) is 0.524. The van der Waals surface area contributed by atoms with Crippen LogP contribution in [0.5, 0.6) is 0 Å². The van der Waals surface area contributed by atoms with E-state index in [1.54, 1.807) is 0 Å². The fourth-order valence-corrected chi connectivity index (χ4v) is 4.41. The van der Waals surface area contributed by atoms with Crippen molar-refractivity contribution < 1.29 is 0 Å². The molecule has 4 nitrogen and oxygen atoms in total. The van der Waals surface area contributed by atoms with E-state index in [9.17, 15) is 0 Å². The summed E-state index contributed by atoms with van der Waals surface area (Å²) in [7, 11) is 0. The average molecular weight is 336 g/mol. The summed E-state index contributed by atoms with van der Waals surface area (Å²) in [5.74, 6) is 2.87. The molecule has 0 saturated carbocycles. The summed E-state index contributed by atoms with van der Waals surface area (Å²) in [6, 6.07) is 8.52. The molecule has 0 aromatic carbocycles. The standard InChI is InChI=1S/C21H28N4/c1-17-4-9-23-21(13-17)25-12-7-20(16-25)19-5-10-24(11-6-19)15-18-3-2-8-22-14-18/h2-4,8-9,13-14,19-20H,5-7,10-12,15-16H2,1H3/t20-/m1/s1. The summed E-state index contributed by atoms with van der Waals surface area (Å²) in [5, 5.41) is 0. The van der Waals surface area contributed by atoms with Crippen molar-refractivity contribution in [1.82, 2.24) is 14.9 Å². The lowest BCUT2D eigenvalue weighted by molar-refractivity contribution is 0.147. The molecule has 2 aliphatic rings. The van der Waals surface area contributed by atoms with E-state index < -0.39 is 0 Å². The van der Waals surface area contributed by atoms with Crippen molar-refractivity contribution in [3.63, 3.8) is 0 Å². The number of nitrogens with zero attached hydrogens (tertiary/aromatic N) is 4. The number of piperidine rings is 1. The highest BCUT2D eigenvalue weighted by Crippen LogP contribution is 2.33. The van der Waals surface area contributed by atoms with Gasteiger partial charge in [-0.05, 0) is 80.4 Å². The number of pyridine rings is 2. The lowest BCUT2D eigenvalue weighted by Gasteiger charge is -2.34. The number of hydrogen-bond acceptors (Lipinski definition) is 4. The van der Waals surface area contributed by atoms with E-state index in [2.05, 4.69) is 44.9 Å². The van der Waals surface area contributed by atoms with Gasteiger partial charge >= 0.3 is 0 Å². The third-order valence-electron chi connectivity index (χ3n) is 5.88. The van der Waals surface area contributed by atoms with Crippen LogP contribution >= 0.6 is 0 Å². The maximum Gasteiger partial charge on any atom is 0.128 e. The van der Waals surface area contributed by atoms with Crippen LogP contribution in [0.2, 0.25) is 0 Å². The molecule has 2 aromatic rings. The molecule has 0 radical (unpaired) electrons. The Balaban J connectivity index is 1.28. The van der Waals surface area contributed by atoms with E-state index in [-0.39, 0.29) is 0 Å². The molecule has 1 atom stereocenters. The quantitative estimate of drug-likeness (QED) is 0.855. The Morgan fingerprint density at radius 3 is 2.64 bits per heavy atom. The Morgan fingerprint density at radius 2 is 1.88 bits per heavy atom. The van der Waals surface area contributed by atoms with E-state index in [4.69, 9.17) is 0 Å². The summed E-state index contributed by atoms with van der Waals surface area (Å²) in [4.78, 5) is 13.9.